The van der Waals surface area contributed by atoms with Crippen LogP contribution in [-0.2, 0) is 0 Å². The zero-order valence-corrected chi connectivity index (χ0v) is 34.4. The summed E-state index contributed by atoms with van der Waals surface area (Å²) in [7, 11) is 0. The van der Waals surface area contributed by atoms with Crippen molar-refractivity contribution in [2.45, 2.75) is 0 Å². The summed E-state index contributed by atoms with van der Waals surface area (Å²) < 4.78 is 8.89. The Morgan fingerprint density at radius 1 is 0.344 bits per heavy atom. The van der Waals surface area contributed by atoms with Gasteiger partial charge in [0.2, 0.25) is 0 Å². The van der Waals surface area contributed by atoms with Crippen LogP contribution in [0.15, 0.2) is 217 Å². The van der Waals surface area contributed by atoms with Gasteiger partial charge in [-0.3, -0.25) is 0 Å². The largest absolute Gasteiger partial charge is 0.454 e. The van der Waals surface area contributed by atoms with E-state index < -0.39 is 0 Å². The maximum atomic E-state index is 6.58. The predicted molar refractivity (Wildman–Crippen MR) is 261 cm³/mol. The molecule has 0 aliphatic heterocycles. The normalized spacial score (nSPS) is 11.8. The summed E-state index contributed by atoms with van der Waals surface area (Å²) in [5.74, 6) is 1.84. The van der Waals surface area contributed by atoms with Crippen molar-refractivity contribution in [2.75, 3.05) is 0 Å². The molecule has 6 heteroatoms. The van der Waals surface area contributed by atoms with E-state index in [1.807, 2.05) is 42.5 Å². The number of para-hydroxylation sites is 3. The highest BCUT2D eigenvalue weighted by molar-refractivity contribution is 6.24. The Balaban J connectivity index is 0.877. The van der Waals surface area contributed by atoms with Crippen molar-refractivity contribution in [3.05, 3.63) is 212 Å². The summed E-state index contributed by atoms with van der Waals surface area (Å²) >= 11 is 0. The highest BCUT2D eigenvalue weighted by Gasteiger charge is 2.20. The summed E-state index contributed by atoms with van der Waals surface area (Å²) in [6.07, 6.45) is 0. The minimum atomic E-state index is 0.609. The Morgan fingerprint density at radius 2 is 0.875 bits per heavy atom. The molecule has 64 heavy (non-hydrogen) atoms. The lowest BCUT2D eigenvalue weighted by molar-refractivity contribution is 0.669. The van der Waals surface area contributed by atoms with Gasteiger partial charge in [0.15, 0.2) is 23.1 Å². The van der Waals surface area contributed by atoms with Crippen molar-refractivity contribution in [3.63, 3.8) is 0 Å². The van der Waals surface area contributed by atoms with E-state index in [0.717, 1.165) is 99.4 Å². The predicted octanol–water partition coefficient (Wildman–Crippen LogP) is 14.9. The molecule has 0 saturated heterocycles. The molecule has 4 heterocycles. The van der Waals surface area contributed by atoms with Crippen LogP contribution in [-0.4, -0.2) is 24.5 Å². The van der Waals surface area contributed by atoms with Crippen LogP contribution in [0.2, 0.25) is 0 Å². The second kappa shape index (κ2) is 14.4. The molecule has 0 saturated carbocycles. The Labute approximate surface area is 367 Å². The van der Waals surface area contributed by atoms with E-state index in [0.29, 0.717) is 17.5 Å². The van der Waals surface area contributed by atoms with Gasteiger partial charge >= 0.3 is 0 Å². The molecule has 13 aromatic rings. The van der Waals surface area contributed by atoms with Crippen molar-refractivity contribution >= 4 is 65.4 Å². The topological polar surface area (TPSA) is 69.6 Å². The fourth-order valence-electron chi connectivity index (χ4n) is 9.38. The average molecular weight is 818 g/mol. The molecule has 0 bridgehead atoms. The second-order valence-electron chi connectivity index (χ2n) is 16.2. The molecule has 0 N–H and O–H groups in total. The number of furan rings is 1. The third-order valence-corrected chi connectivity index (χ3v) is 12.4. The number of benzene rings is 9. The van der Waals surface area contributed by atoms with Gasteiger partial charge in [-0.2, -0.15) is 0 Å². The third-order valence-electron chi connectivity index (χ3n) is 12.4. The number of aromatic nitrogens is 5. The summed E-state index contributed by atoms with van der Waals surface area (Å²) in [6, 6.07) is 73.8. The molecule has 0 amide bonds. The molecule has 0 aliphatic carbocycles. The molecular weight excluding hydrogens is 783 g/mol. The molecule has 0 atom stereocenters. The lowest BCUT2D eigenvalue weighted by Gasteiger charge is -2.12. The van der Waals surface area contributed by atoms with Crippen molar-refractivity contribution in [2.24, 2.45) is 0 Å². The van der Waals surface area contributed by atoms with Gasteiger partial charge in [0.25, 0.3) is 0 Å². The van der Waals surface area contributed by atoms with Gasteiger partial charge < -0.3 is 8.98 Å². The smallest absolute Gasteiger partial charge is 0.164 e. The van der Waals surface area contributed by atoms with E-state index in [1.54, 1.807) is 0 Å². The SMILES string of the molecule is c1ccc(-c2nc(-c3ccc(-c4ccc(-c5nc6c7ccccc7ccc6c6c5oc5ccccc56)cc4)cc3)nc(-c3cccc(-n4c5ccccc5c5ccccc54)c3)n2)cc1. The summed E-state index contributed by atoms with van der Waals surface area (Å²) in [5, 5.41) is 8.00. The Hall–Kier alpha value is -8.74. The number of rotatable bonds is 6. The fraction of sp³-hybridized carbons (Fsp3) is 0. The van der Waals surface area contributed by atoms with E-state index in [-0.39, 0.29) is 0 Å². The van der Waals surface area contributed by atoms with Crippen LogP contribution in [0.5, 0.6) is 0 Å². The first kappa shape index (κ1) is 36.0. The van der Waals surface area contributed by atoms with Crippen molar-refractivity contribution in [1.82, 2.24) is 24.5 Å². The van der Waals surface area contributed by atoms with Crippen LogP contribution in [0.3, 0.4) is 0 Å². The molecule has 0 spiro atoms. The van der Waals surface area contributed by atoms with Gasteiger partial charge in [0.1, 0.15) is 11.3 Å². The van der Waals surface area contributed by atoms with Gasteiger partial charge in [0, 0.05) is 60.3 Å². The van der Waals surface area contributed by atoms with Crippen molar-refractivity contribution in [3.8, 4) is 62.2 Å². The first-order valence-electron chi connectivity index (χ1n) is 21.5. The minimum Gasteiger partial charge on any atom is -0.454 e. The van der Waals surface area contributed by atoms with Crippen LogP contribution in [0, 0.1) is 0 Å². The molecule has 0 fully saturated rings. The van der Waals surface area contributed by atoms with E-state index in [1.165, 1.54) is 10.8 Å². The quantitative estimate of drug-likeness (QED) is 0.156. The number of fused-ring (bicyclic) bond motifs is 10. The Morgan fingerprint density at radius 3 is 1.58 bits per heavy atom. The lowest BCUT2D eigenvalue weighted by Crippen LogP contribution is -2.01. The number of nitrogens with zero attached hydrogens (tertiary/aromatic N) is 5. The highest BCUT2D eigenvalue weighted by atomic mass is 16.3. The number of pyridine rings is 1. The van der Waals surface area contributed by atoms with Crippen LogP contribution >= 0.6 is 0 Å². The van der Waals surface area contributed by atoms with Crippen LogP contribution in [0.4, 0.5) is 0 Å². The van der Waals surface area contributed by atoms with E-state index in [9.17, 15) is 0 Å². The van der Waals surface area contributed by atoms with Crippen molar-refractivity contribution < 1.29 is 4.42 Å². The first-order chi connectivity index (χ1) is 31.7. The molecule has 13 rings (SSSR count). The van der Waals surface area contributed by atoms with Gasteiger partial charge in [0.05, 0.1) is 16.6 Å². The summed E-state index contributed by atoms with van der Waals surface area (Å²) in [4.78, 5) is 20.6. The third kappa shape index (κ3) is 5.81. The Kier molecular flexibility index (Phi) is 8.11. The highest BCUT2D eigenvalue weighted by Crippen LogP contribution is 2.42. The van der Waals surface area contributed by atoms with E-state index in [4.69, 9.17) is 24.4 Å². The minimum absolute atomic E-state index is 0.609. The zero-order chi connectivity index (χ0) is 42.1. The molecule has 4 aromatic heterocycles. The summed E-state index contributed by atoms with van der Waals surface area (Å²) in [5.41, 5.74) is 12.7. The first-order valence-corrected chi connectivity index (χ1v) is 21.5. The maximum Gasteiger partial charge on any atom is 0.164 e. The molecule has 6 nitrogen and oxygen atoms in total. The zero-order valence-electron chi connectivity index (χ0n) is 34.4. The number of hydrogen-bond donors (Lipinski definition) is 0. The molecule has 0 aliphatic rings. The van der Waals surface area contributed by atoms with Gasteiger partial charge in [-0.25, -0.2) is 19.9 Å². The van der Waals surface area contributed by atoms with Gasteiger partial charge in [-0.15, -0.1) is 0 Å². The maximum absolute atomic E-state index is 6.58. The molecule has 298 valence electrons. The van der Waals surface area contributed by atoms with E-state index in [2.05, 4.69) is 174 Å². The van der Waals surface area contributed by atoms with Gasteiger partial charge in [-0.1, -0.05) is 182 Å². The molecule has 9 aromatic carbocycles. The van der Waals surface area contributed by atoms with Crippen LogP contribution in [0.1, 0.15) is 0 Å². The number of hydrogen-bond acceptors (Lipinski definition) is 5. The monoisotopic (exact) mass is 817 g/mol. The Bertz CT molecular complexity index is 3890. The average Bonchev–Trinajstić information content (AvgIpc) is 3.93. The van der Waals surface area contributed by atoms with Crippen LogP contribution < -0.4 is 0 Å². The second-order valence-corrected chi connectivity index (χ2v) is 16.2. The molecule has 0 radical (unpaired) electrons. The summed E-state index contributed by atoms with van der Waals surface area (Å²) in [6.45, 7) is 0. The van der Waals surface area contributed by atoms with Gasteiger partial charge in [-0.05, 0) is 46.8 Å². The van der Waals surface area contributed by atoms with E-state index >= 15 is 0 Å². The lowest BCUT2D eigenvalue weighted by atomic mass is 9.98. The van der Waals surface area contributed by atoms with Crippen molar-refractivity contribution in [1.29, 1.82) is 0 Å². The molecular formula is C58H35N5O. The standard InChI is InChI=1S/C58H35N5O/c1-2-14-40(15-3-1)56-60-57(62-58(61-56)42-16-12-17-43(35-42)63-49-22-9-6-19-45(49)46-20-7-10-23-50(46)63)41-31-27-37(28-32-41)36-25-29-39(30-26-36)53-55-52(47-21-8-11-24-51(47)64-55)48-34-33-38-13-4-5-18-44(38)54(48)59-53/h1-35H. The fourth-order valence-corrected chi connectivity index (χ4v) is 9.38. The molecule has 0 unspecified atom stereocenters. The van der Waals surface area contributed by atoms with Crippen LogP contribution in [0.25, 0.3) is 128 Å².